The Balaban J connectivity index is 2.48. The van der Waals surface area contributed by atoms with Gasteiger partial charge in [0.1, 0.15) is 0 Å². The summed E-state index contributed by atoms with van der Waals surface area (Å²) < 4.78 is 23.8. The van der Waals surface area contributed by atoms with Crippen LogP contribution in [0.5, 0.6) is 0 Å². The van der Waals surface area contributed by atoms with E-state index < -0.39 is 10.0 Å². The highest BCUT2D eigenvalue weighted by atomic mass is 32.2. The van der Waals surface area contributed by atoms with Crippen LogP contribution >= 0.6 is 0 Å². The first-order chi connectivity index (χ1) is 6.96. The van der Waals surface area contributed by atoms with E-state index in [1.165, 1.54) is 0 Å². The van der Waals surface area contributed by atoms with E-state index >= 15 is 0 Å². The predicted molar refractivity (Wildman–Crippen MR) is 59.7 cm³/mol. The number of benzene rings is 1. The molecule has 0 aliphatic heterocycles. The molecule has 2 aromatic rings. The molecule has 0 bridgehead atoms. The normalized spacial score (nSPS) is 12.1. The summed E-state index contributed by atoms with van der Waals surface area (Å²) in [5, 5.41) is 6.01. The van der Waals surface area contributed by atoms with Gasteiger partial charge in [0.25, 0.3) is 0 Å². The smallest absolute Gasteiger partial charge is 0.213 e. The third kappa shape index (κ3) is 2.19. The summed E-state index contributed by atoms with van der Waals surface area (Å²) in [5.41, 5.74) is 1.80. The van der Waals surface area contributed by atoms with Crippen molar-refractivity contribution in [2.24, 2.45) is 12.2 Å². The first-order valence-corrected chi connectivity index (χ1v) is 6.22. The summed E-state index contributed by atoms with van der Waals surface area (Å²) in [6.07, 6.45) is 1.94. The quantitative estimate of drug-likeness (QED) is 0.826. The minimum Gasteiger partial charge on any atom is -0.351 e. The zero-order valence-corrected chi connectivity index (χ0v) is 9.16. The molecule has 1 aromatic carbocycles. The molecule has 1 aromatic heterocycles. The number of fused-ring (bicyclic) bond motifs is 1. The molecular weight excluding hydrogens is 212 g/mol. The lowest BCUT2D eigenvalue weighted by molar-refractivity contribution is 0.597. The maximum Gasteiger partial charge on any atom is 0.213 e. The zero-order chi connectivity index (χ0) is 11.1. The van der Waals surface area contributed by atoms with Crippen LogP contribution in [-0.4, -0.2) is 13.0 Å². The molecule has 2 rings (SSSR count). The van der Waals surface area contributed by atoms with E-state index in [1.54, 1.807) is 6.07 Å². The summed E-state index contributed by atoms with van der Waals surface area (Å²) in [5.74, 6) is -0.113. The zero-order valence-electron chi connectivity index (χ0n) is 8.34. The van der Waals surface area contributed by atoms with Gasteiger partial charge in [-0.2, -0.15) is 0 Å². The van der Waals surface area contributed by atoms with Crippen molar-refractivity contribution in [3.63, 3.8) is 0 Å². The van der Waals surface area contributed by atoms with Crippen molar-refractivity contribution in [1.29, 1.82) is 0 Å². The van der Waals surface area contributed by atoms with Gasteiger partial charge < -0.3 is 4.57 Å². The van der Waals surface area contributed by atoms with Gasteiger partial charge in [-0.05, 0) is 29.1 Å². The highest BCUT2D eigenvalue weighted by molar-refractivity contribution is 7.88. The Bertz CT molecular complexity index is 599. The van der Waals surface area contributed by atoms with Gasteiger partial charge in [-0.25, -0.2) is 13.6 Å². The summed E-state index contributed by atoms with van der Waals surface area (Å²) in [4.78, 5) is 0. The summed E-state index contributed by atoms with van der Waals surface area (Å²) in [7, 11) is -1.50. The van der Waals surface area contributed by atoms with E-state index in [1.807, 2.05) is 36.0 Å². The molecule has 0 radical (unpaired) electrons. The first-order valence-electron chi connectivity index (χ1n) is 4.50. The molecule has 80 valence electrons. The van der Waals surface area contributed by atoms with Gasteiger partial charge in [-0.1, -0.05) is 6.07 Å². The summed E-state index contributed by atoms with van der Waals surface area (Å²) in [6, 6.07) is 7.48. The summed E-state index contributed by atoms with van der Waals surface area (Å²) in [6.45, 7) is 0. The minimum absolute atomic E-state index is 0.113. The highest BCUT2D eigenvalue weighted by Gasteiger charge is 2.06. The Morgan fingerprint density at radius 2 is 2.07 bits per heavy atom. The Hall–Kier alpha value is -1.33. The number of sulfonamides is 1. The van der Waals surface area contributed by atoms with E-state index in [9.17, 15) is 8.42 Å². The van der Waals surface area contributed by atoms with E-state index in [4.69, 9.17) is 5.14 Å². The van der Waals surface area contributed by atoms with Crippen LogP contribution in [0.15, 0.2) is 30.5 Å². The number of aryl methyl sites for hydroxylation is 1. The molecule has 0 saturated carbocycles. The van der Waals surface area contributed by atoms with Crippen LogP contribution in [0.4, 0.5) is 0 Å². The molecule has 0 amide bonds. The van der Waals surface area contributed by atoms with Gasteiger partial charge in [0.15, 0.2) is 0 Å². The highest BCUT2D eigenvalue weighted by Crippen LogP contribution is 2.17. The molecule has 0 aliphatic rings. The average molecular weight is 224 g/mol. The van der Waals surface area contributed by atoms with Crippen molar-refractivity contribution in [3.8, 4) is 0 Å². The number of nitrogens with two attached hydrogens (primary N) is 1. The molecule has 15 heavy (non-hydrogen) atoms. The van der Waals surface area contributed by atoms with Crippen molar-refractivity contribution in [2.75, 3.05) is 0 Å². The SMILES string of the molecule is Cn1ccc2cc(CS(N)(=O)=O)ccc21. The lowest BCUT2D eigenvalue weighted by atomic mass is 10.2. The van der Waals surface area contributed by atoms with Crippen LogP contribution in [0.2, 0.25) is 0 Å². The van der Waals surface area contributed by atoms with Crippen LogP contribution in [0, 0.1) is 0 Å². The third-order valence-electron chi connectivity index (χ3n) is 2.32. The van der Waals surface area contributed by atoms with Crippen LogP contribution < -0.4 is 5.14 Å². The number of rotatable bonds is 2. The standard InChI is InChI=1S/C10H12N2O2S/c1-12-5-4-9-6-8(2-3-10(9)12)7-15(11,13)14/h2-6H,7H2,1H3,(H2,11,13,14). The predicted octanol–water partition coefficient (Wildman–Crippen LogP) is 0.967. The van der Waals surface area contributed by atoms with Gasteiger partial charge in [0.05, 0.1) is 5.75 Å². The Kier molecular flexibility index (Phi) is 2.28. The second-order valence-corrected chi connectivity index (χ2v) is 5.24. The Labute approximate surface area is 88.4 Å². The molecule has 4 nitrogen and oxygen atoms in total. The molecule has 0 atom stereocenters. The van der Waals surface area contributed by atoms with Gasteiger partial charge in [-0.15, -0.1) is 0 Å². The molecule has 0 fully saturated rings. The molecule has 0 spiro atoms. The first kappa shape index (κ1) is 10.2. The van der Waals surface area contributed by atoms with Crippen LogP contribution in [0.3, 0.4) is 0 Å². The lowest BCUT2D eigenvalue weighted by Gasteiger charge is -2.00. The van der Waals surface area contributed by atoms with Gasteiger partial charge >= 0.3 is 0 Å². The number of hydrogen-bond acceptors (Lipinski definition) is 2. The molecule has 0 aliphatic carbocycles. The van der Waals surface area contributed by atoms with Crippen molar-refractivity contribution >= 4 is 20.9 Å². The van der Waals surface area contributed by atoms with Crippen LogP contribution in [0.25, 0.3) is 10.9 Å². The molecule has 0 unspecified atom stereocenters. The minimum atomic E-state index is -3.45. The maximum absolute atomic E-state index is 10.9. The number of hydrogen-bond donors (Lipinski definition) is 1. The maximum atomic E-state index is 10.9. The fourth-order valence-electron chi connectivity index (χ4n) is 1.65. The lowest BCUT2D eigenvalue weighted by Crippen LogP contribution is -2.14. The number of aromatic nitrogens is 1. The third-order valence-corrected chi connectivity index (χ3v) is 3.05. The van der Waals surface area contributed by atoms with Crippen molar-refractivity contribution < 1.29 is 8.42 Å². The molecule has 5 heteroatoms. The van der Waals surface area contributed by atoms with E-state index in [-0.39, 0.29) is 5.75 Å². The molecule has 1 heterocycles. The largest absolute Gasteiger partial charge is 0.351 e. The van der Waals surface area contributed by atoms with E-state index in [0.717, 1.165) is 16.5 Å². The topological polar surface area (TPSA) is 65.1 Å². The number of nitrogens with zero attached hydrogens (tertiary/aromatic N) is 1. The van der Waals surface area contributed by atoms with Crippen molar-refractivity contribution in [3.05, 3.63) is 36.0 Å². The van der Waals surface area contributed by atoms with Crippen molar-refractivity contribution in [1.82, 2.24) is 4.57 Å². The van der Waals surface area contributed by atoms with Gasteiger partial charge in [-0.3, -0.25) is 0 Å². The van der Waals surface area contributed by atoms with Crippen molar-refractivity contribution in [2.45, 2.75) is 5.75 Å². The Morgan fingerprint density at radius 3 is 2.73 bits per heavy atom. The van der Waals surface area contributed by atoms with E-state index in [0.29, 0.717) is 0 Å². The molecule has 0 saturated heterocycles. The van der Waals surface area contributed by atoms with Crippen LogP contribution in [0.1, 0.15) is 5.56 Å². The second-order valence-electron chi connectivity index (χ2n) is 3.63. The summed E-state index contributed by atoms with van der Waals surface area (Å²) >= 11 is 0. The molecule has 2 N–H and O–H groups in total. The van der Waals surface area contributed by atoms with E-state index in [2.05, 4.69) is 0 Å². The monoisotopic (exact) mass is 224 g/mol. The van der Waals surface area contributed by atoms with Gasteiger partial charge in [0.2, 0.25) is 10.0 Å². The Morgan fingerprint density at radius 1 is 1.33 bits per heavy atom. The fraction of sp³-hybridized carbons (Fsp3) is 0.200. The fourth-order valence-corrected chi connectivity index (χ4v) is 2.30. The van der Waals surface area contributed by atoms with Gasteiger partial charge in [0, 0.05) is 18.8 Å². The van der Waals surface area contributed by atoms with Crippen LogP contribution in [-0.2, 0) is 22.8 Å². The second kappa shape index (κ2) is 3.36. The average Bonchev–Trinajstić information content (AvgIpc) is 2.45. The number of primary sulfonamides is 1. The molecular formula is C10H12N2O2S.